The largest absolute Gasteiger partial charge is 0.322 e. The Morgan fingerprint density at radius 3 is 2.82 bits per heavy atom. The standard InChI is InChI=1S/C9H12F2N4O.ClH/c10-7(11)5-15-4-6(3-13-15)14-8(16)9(12)1-2-9;/h3-4,7H,1-2,5,12H2,(H,14,16);1H. The van der Waals surface area contributed by atoms with Crippen LogP contribution in [0.4, 0.5) is 14.5 Å². The Morgan fingerprint density at radius 1 is 1.65 bits per heavy atom. The van der Waals surface area contributed by atoms with E-state index in [0.29, 0.717) is 18.5 Å². The summed E-state index contributed by atoms with van der Waals surface area (Å²) in [5.41, 5.74) is 5.28. The van der Waals surface area contributed by atoms with Gasteiger partial charge >= 0.3 is 0 Å². The summed E-state index contributed by atoms with van der Waals surface area (Å²) in [6, 6.07) is 0. The zero-order chi connectivity index (χ0) is 11.8. The summed E-state index contributed by atoms with van der Waals surface area (Å²) in [7, 11) is 0. The molecule has 0 aliphatic heterocycles. The molecule has 17 heavy (non-hydrogen) atoms. The van der Waals surface area contributed by atoms with Gasteiger partial charge in [0.25, 0.3) is 6.43 Å². The van der Waals surface area contributed by atoms with E-state index in [4.69, 9.17) is 5.73 Å². The molecule has 0 bridgehead atoms. The number of nitrogens with two attached hydrogens (primary N) is 1. The Labute approximate surface area is 103 Å². The van der Waals surface area contributed by atoms with Gasteiger partial charge in [-0.1, -0.05) is 0 Å². The number of rotatable bonds is 4. The highest BCUT2D eigenvalue weighted by atomic mass is 35.5. The second-order valence-electron chi connectivity index (χ2n) is 3.95. The van der Waals surface area contributed by atoms with Crippen LogP contribution in [0.15, 0.2) is 12.4 Å². The number of nitrogens with zero attached hydrogens (tertiary/aromatic N) is 2. The van der Waals surface area contributed by atoms with Crippen molar-refractivity contribution in [3.63, 3.8) is 0 Å². The van der Waals surface area contributed by atoms with Crippen LogP contribution >= 0.6 is 12.4 Å². The lowest BCUT2D eigenvalue weighted by molar-refractivity contribution is -0.118. The molecule has 0 spiro atoms. The molecule has 5 nitrogen and oxygen atoms in total. The summed E-state index contributed by atoms with van der Waals surface area (Å²) < 4.78 is 25.1. The Balaban J connectivity index is 0.00000144. The third-order valence-electron chi connectivity index (χ3n) is 2.46. The molecule has 3 N–H and O–H groups in total. The van der Waals surface area contributed by atoms with Gasteiger partial charge in [-0.2, -0.15) is 5.10 Å². The van der Waals surface area contributed by atoms with Crippen LogP contribution in [0.3, 0.4) is 0 Å². The zero-order valence-electron chi connectivity index (χ0n) is 8.90. The van der Waals surface area contributed by atoms with Crippen LogP contribution < -0.4 is 11.1 Å². The van der Waals surface area contributed by atoms with Crippen molar-refractivity contribution in [2.24, 2.45) is 5.73 Å². The molecule has 0 saturated heterocycles. The summed E-state index contributed by atoms with van der Waals surface area (Å²) in [4.78, 5) is 11.5. The van der Waals surface area contributed by atoms with Gasteiger partial charge in [-0.25, -0.2) is 8.78 Å². The SMILES string of the molecule is Cl.NC1(C(=O)Nc2cnn(CC(F)F)c2)CC1. The van der Waals surface area contributed by atoms with E-state index < -0.39 is 18.5 Å². The van der Waals surface area contributed by atoms with Crippen molar-refractivity contribution in [2.45, 2.75) is 31.4 Å². The van der Waals surface area contributed by atoms with Crippen LogP contribution in [-0.4, -0.2) is 27.7 Å². The highest BCUT2D eigenvalue weighted by Gasteiger charge is 2.46. The number of nitrogens with one attached hydrogen (secondary N) is 1. The van der Waals surface area contributed by atoms with Gasteiger partial charge in [0.15, 0.2) is 0 Å². The second-order valence-corrected chi connectivity index (χ2v) is 3.95. The van der Waals surface area contributed by atoms with Crippen molar-refractivity contribution in [1.29, 1.82) is 0 Å². The van der Waals surface area contributed by atoms with Crippen molar-refractivity contribution in [3.8, 4) is 0 Å². The number of carbonyl (C=O) groups excluding carboxylic acids is 1. The molecule has 1 aliphatic carbocycles. The van der Waals surface area contributed by atoms with E-state index in [2.05, 4.69) is 10.4 Å². The molecule has 1 saturated carbocycles. The molecule has 1 aromatic heterocycles. The van der Waals surface area contributed by atoms with Gasteiger partial charge < -0.3 is 11.1 Å². The summed E-state index contributed by atoms with van der Waals surface area (Å²) in [6.07, 6.45) is 1.53. The number of aromatic nitrogens is 2. The van der Waals surface area contributed by atoms with Crippen LogP contribution in [0, 0.1) is 0 Å². The second kappa shape index (κ2) is 4.97. The number of hydrogen-bond acceptors (Lipinski definition) is 3. The lowest BCUT2D eigenvalue weighted by Gasteiger charge is -2.07. The Kier molecular flexibility index (Phi) is 4.05. The quantitative estimate of drug-likeness (QED) is 0.854. The number of anilines is 1. The van der Waals surface area contributed by atoms with Crippen molar-refractivity contribution in [1.82, 2.24) is 9.78 Å². The number of hydrogen-bond donors (Lipinski definition) is 2. The average molecular weight is 267 g/mol. The first-order valence-corrected chi connectivity index (χ1v) is 4.90. The minimum atomic E-state index is -2.47. The molecule has 1 heterocycles. The van der Waals surface area contributed by atoms with Gasteiger partial charge in [-0.05, 0) is 12.8 Å². The van der Waals surface area contributed by atoms with Gasteiger partial charge in [0.1, 0.15) is 6.54 Å². The van der Waals surface area contributed by atoms with Crippen LogP contribution in [-0.2, 0) is 11.3 Å². The zero-order valence-corrected chi connectivity index (χ0v) is 9.71. The lowest BCUT2D eigenvalue weighted by Crippen LogP contribution is -2.37. The van der Waals surface area contributed by atoms with Crippen LogP contribution in [0.5, 0.6) is 0 Å². The van der Waals surface area contributed by atoms with Crippen molar-refractivity contribution < 1.29 is 13.6 Å². The van der Waals surface area contributed by atoms with E-state index in [-0.39, 0.29) is 18.3 Å². The lowest BCUT2D eigenvalue weighted by atomic mass is 10.3. The van der Waals surface area contributed by atoms with E-state index in [9.17, 15) is 13.6 Å². The normalized spacial score (nSPS) is 16.5. The Hall–Kier alpha value is -1.21. The minimum Gasteiger partial charge on any atom is -0.322 e. The van der Waals surface area contributed by atoms with Crippen molar-refractivity contribution in [2.75, 3.05) is 5.32 Å². The molecule has 0 aromatic carbocycles. The molecule has 0 unspecified atom stereocenters. The number of alkyl halides is 2. The van der Waals surface area contributed by atoms with Crippen molar-refractivity contribution >= 4 is 24.0 Å². The third kappa shape index (κ3) is 3.37. The maximum Gasteiger partial charge on any atom is 0.257 e. The smallest absolute Gasteiger partial charge is 0.257 e. The summed E-state index contributed by atoms with van der Waals surface area (Å²) >= 11 is 0. The predicted molar refractivity (Wildman–Crippen MR) is 60.3 cm³/mol. The van der Waals surface area contributed by atoms with Crippen molar-refractivity contribution in [3.05, 3.63) is 12.4 Å². The number of carbonyl (C=O) groups is 1. The van der Waals surface area contributed by atoms with E-state index >= 15 is 0 Å². The first kappa shape index (κ1) is 13.9. The maximum atomic E-state index is 12.0. The number of amides is 1. The molecular weight excluding hydrogens is 254 g/mol. The first-order chi connectivity index (χ1) is 7.49. The van der Waals surface area contributed by atoms with E-state index in [0.717, 1.165) is 4.68 Å². The monoisotopic (exact) mass is 266 g/mol. The fourth-order valence-corrected chi connectivity index (χ4v) is 1.29. The summed E-state index contributed by atoms with van der Waals surface area (Å²) in [5.74, 6) is -0.288. The molecule has 1 fully saturated rings. The maximum absolute atomic E-state index is 12.0. The minimum absolute atomic E-state index is 0. The van der Waals surface area contributed by atoms with Crippen LogP contribution in [0.2, 0.25) is 0 Å². The Morgan fingerprint density at radius 2 is 2.29 bits per heavy atom. The summed E-state index contributed by atoms with van der Waals surface area (Å²) in [5, 5.41) is 6.24. The van der Waals surface area contributed by atoms with Gasteiger partial charge in [-0.15, -0.1) is 12.4 Å². The first-order valence-electron chi connectivity index (χ1n) is 4.90. The fourth-order valence-electron chi connectivity index (χ4n) is 1.29. The van der Waals surface area contributed by atoms with Gasteiger partial charge in [0, 0.05) is 6.20 Å². The number of halogens is 3. The van der Waals surface area contributed by atoms with E-state index in [1.165, 1.54) is 12.4 Å². The molecule has 0 radical (unpaired) electrons. The third-order valence-corrected chi connectivity index (χ3v) is 2.46. The van der Waals surface area contributed by atoms with Gasteiger partial charge in [-0.3, -0.25) is 9.48 Å². The highest BCUT2D eigenvalue weighted by Crippen LogP contribution is 2.33. The van der Waals surface area contributed by atoms with Crippen LogP contribution in [0.25, 0.3) is 0 Å². The topological polar surface area (TPSA) is 72.9 Å². The highest BCUT2D eigenvalue weighted by molar-refractivity contribution is 5.99. The Bertz CT molecular complexity index is 405. The average Bonchev–Trinajstić information content (AvgIpc) is 2.79. The van der Waals surface area contributed by atoms with Gasteiger partial charge in [0.05, 0.1) is 17.4 Å². The molecule has 96 valence electrons. The van der Waals surface area contributed by atoms with Gasteiger partial charge in [0.2, 0.25) is 5.91 Å². The van der Waals surface area contributed by atoms with E-state index in [1.807, 2.05) is 0 Å². The van der Waals surface area contributed by atoms with Crippen LogP contribution in [0.1, 0.15) is 12.8 Å². The molecule has 1 aromatic rings. The molecule has 1 amide bonds. The molecule has 1 aliphatic rings. The molecular formula is C9H13ClF2N4O. The predicted octanol–water partition coefficient (Wildman–Crippen LogP) is 1.000. The fraction of sp³-hybridized carbons (Fsp3) is 0.556. The van der Waals surface area contributed by atoms with E-state index in [1.54, 1.807) is 0 Å². The molecule has 8 heteroatoms. The molecule has 0 atom stereocenters. The molecule has 2 rings (SSSR count). The summed E-state index contributed by atoms with van der Waals surface area (Å²) in [6.45, 7) is -0.483.